The number of carbonyl (C=O) groups is 1. The average molecular weight is 462 g/mol. The van der Waals surface area contributed by atoms with Crippen molar-refractivity contribution in [2.45, 2.75) is 39.2 Å². The molecule has 8 heteroatoms. The van der Waals surface area contributed by atoms with Crippen LogP contribution < -0.4 is 10.6 Å². The molecular weight excluding hydrogens is 431 g/mol. The fourth-order valence-electron chi connectivity index (χ4n) is 2.73. The Morgan fingerprint density at radius 3 is 2.60 bits per heavy atom. The Bertz CT molecular complexity index is 594. The van der Waals surface area contributed by atoms with Crippen LogP contribution in [0, 0.1) is 5.92 Å². The Balaban J connectivity index is 0.00000312. The van der Waals surface area contributed by atoms with Crippen LogP contribution in [-0.4, -0.2) is 53.7 Å². The predicted molar refractivity (Wildman–Crippen MR) is 111 cm³/mol. The molecule has 0 radical (unpaired) electrons. The first-order valence-electron chi connectivity index (χ1n) is 8.64. The molecule has 1 saturated carbocycles. The van der Waals surface area contributed by atoms with Crippen LogP contribution in [0.2, 0.25) is 0 Å². The van der Waals surface area contributed by atoms with Crippen LogP contribution in [0.25, 0.3) is 0 Å². The molecule has 1 aliphatic rings. The van der Waals surface area contributed by atoms with Gasteiger partial charge in [-0.05, 0) is 18.8 Å². The summed E-state index contributed by atoms with van der Waals surface area (Å²) in [5.74, 6) is 1.64. The first kappa shape index (κ1) is 21.7. The molecule has 0 bridgehead atoms. The van der Waals surface area contributed by atoms with Crippen molar-refractivity contribution in [2.75, 3.05) is 27.2 Å². The number of hydrogen-bond acceptors (Lipinski definition) is 3. The molecule has 25 heavy (non-hydrogen) atoms. The molecule has 0 aliphatic heterocycles. The number of guanidine groups is 1. The molecule has 0 spiro atoms. The third-order valence-electron chi connectivity index (χ3n) is 4.12. The molecule has 0 unspecified atom stereocenters. The second-order valence-electron chi connectivity index (χ2n) is 6.76. The Labute approximate surface area is 167 Å². The summed E-state index contributed by atoms with van der Waals surface area (Å²) in [5.41, 5.74) is 2.33. The minimum atomic E-state index is 0. The lowest BCUT2D eigenvalue weighted by Gasteiger charge is -2.22. The van der Waals surface area contributed by atoms with E-state index in [9.17, 15) is 4.79 Å². The molecule has 1 aromatic rings. The van der Waals surface area contributed by atoms with Crippen LogP contribution in [0.4, 0.5) is 0 Å². The number of aliphatic imine (C=N–C) groups is 1. The van der Waals surface area contributed by atoms with E-state index in [2.05, 4.69) is 45.7 Å². The summed E-state index contributed by atoms with van der Waals surface area (Å²) in [5, 5.41) is 10.8. The van der Waals surface area contributed by atoms with Gasteiger partial charge in [0.2, 0.25) is 5.91 Å². The van der Waals surface area contributed by atoms with Gasteiger partial charge >= 0.3 is 0 Å². The standard InChI is InChI=1S/C17H30N6O.HI/c1-12(2)15-14(11-23(5)21-15)10-22(4)17(18-3)20-9-8-19-16(24)13-6-7-13;/h11-13H,6-10H2,1-5H3,(H,18,20)(H,19,24);1H. The Morgan fingerprint density at radius 1 is 1.40 bits per heavy atom. The van der Waals surface area contributed by atoms with Crippen LogP contribution in [0.5, 0.6) is 0 Å². The highest BCUT2D eigenvalue weighted by atomic mass is 127. The van der Waals surface area contributed by atoms with Crippen molar-refractivity contribution in [3.63, 3.8) is 0 Å². The second kappa shape index (κ2) is 9.98. The lowest BCUT2D eigenvalue weighted by Crippen LogP contribution is -2.42. The summed E-state index contributed by atoms with van der Waals surface area (Å²) in [6, 6.07) is 0. The average Bonchev–Trinajstić information content (AvgIpc) is 3.31. The zero-order valence-electron chi connectivity index (χ0n) is 15.9. The number of hydrogen-bond donors (Lipinski definition) is 2. The van der Waals surface area contributed by atoms with Gasteiger partial charge in [0.05, 0.1) is 5.69 Å². The minimum absolute atomic E-state index is 0. The van der Waals surface area contributed by atoms with Gasteiger partial charge in [0, 0.05) is 58.5 Å². The van der Waals surface area contributed by atoms with Crippen molar-refractivity contribution in [1.82, 2.24) is 25.3 Å². The summed E-state index contributed by atoms with van der Waals surface area (Å²) in [4.78, 5) is 18.0. The van der Waals surface area contributed by atoms with Crippen molar-refractivity contribution in [3.05, 3.63) is 17.5 Å². The van der Waals surface area contributed by atoms with E-state index >= 15 is 0 Å². The van der Waals surface area contributed by atoms with Crippen LogP contribution in [0.15, 0.2) is 11.2 Å². The number of amides is 1. The van der Waals surface area contributed by atoms with E-state index in [1.807, 2.05) is 18.8 Å². The van der Waals surface area contributed by atoms with Gasteiger partial charge < -0.3 is 15.5 Å². The SMILES string of the molecule is CN=C(NCCNC(=O)C1CC1)N(C)Cc1cn(C)nc1C(C)C.I. The van der Waals surface area contributed by atoms with Crippen molar-refractivity contribution in [3.8, 4) is 0 Å². The molecule has 142 valence electrons. The van der Waals surface area contributed by atoms with Crippen molar-refractivity contribution >= 4 is 35.8 Å². The van der Waals surface area contributed by atoms with E-state index in [-0.39, 0.29) is 35.8 Å². The van der Waals surface area contributed by atoms with Crippen LogP contribution in [-0.2, 0) is 18.4 Å². The number of aromatic nitrogens is 2. The zero-order valence-corrected chi connectivity index (χ0v) is 18.2. The van der Waals surface area contributed by atoms with Gasteiger partial charge in [-0.25, -0.2) is 0 Å². The summed E-state index contributed by atoms with van der Waals surface area (Å²) in [7, 11) is 5.73. The van der Waals surface area contributed by atoms with Gasteiger partial charge in [-0.15, -0.1) is 24.0 Å². The van der Waals surface area contributed by atoms with Gasteiger partial charge in [-0.1, -0.05) is 13.8 Å². The monoisotopic (exact) mass is 462 g/mol. The number of aryl methyl sites for hydroxylation is 1. The van der Waals surface area contributed by atoms with Crippen molar-refractivity contribution in [1.29, 1.82) is 0 Å². The van der Waals surface area contributed by atoms with Gasteiger partial charge in [0.1, 0.15) is 0 Å². The number of nitrogens with one attached hydrogen (secondary N) is 2. The largest absolute Gasteiger partial charge is 0.354 e. The summed E-state index contributed by atoms with van der Waals surface area (Å²) in [6.45, 7) is 6.34. The molecule has 0 atom stereocenters. The Kier molecular flexibility index (Phi) is 8.67. The van der Waals surface area contributed by atoms with Crippen LogP contribution >= 0.6 is 24.0 Å². The zero-order chi connectivity index (χ0) is 17.7. The number of carbonyl (C=O) groups excluding carboxylic acids is 1. The summed E-state index contributed by atoms with van der Waals surface area (Å²) >= 11 is 0. The van der Waals surface area contributed by atoms with Gasteiger partial charge in [-0.3, -0.25) is 14.5 Å². The molecule has 1 fully saturated rings. The lowest BCUT2D eigenvalue weighted by atomic mass is 10.1. The Hall–Kier alpha value is -1.32. The maximum Gasteiger partial charge on any atom is 0.223 e. The van der Waals surface area contributed by atoms with Gasteiger partial charge in [0.15, 0.2) is 5.96 Å². The van der Waals surface area contributed by atoms with E-state index < -0.39 is 0 Å². The van der Waals surface area contributed by atoms with Crippen LogP contribution in [0.3, 0.4) is 0 Å². The second-order valence-corrected chi connectivity index (χ2v) is 6.76. The minimum Gasteiger partial charge on any atom is -0.354 e. The molecule has 7 nitrogen and oxygen atoms in total. The highest BCUT2D eigenvalue weighted by molar-refractivity contribution is 14.0. The van der Waals surface area contributed by atoms with E-state index in [1.54, 1.807) is 7.05 Å². The summed E-state index contributed by atoms with van der Waals surface area (Å²) < 4.78 is 1.86. The normalized spacial score (nSPS) is 14.2. The quantitative estimate of drug-likeness (QED) is 0.280. The van der Waals surface area contributed by atoms with Gasteiger partial charge in [0.25, 0.3) is 0 Å². The van der Waals surface area contributed by atoms with Crippen molar-refractivity contribution < 1.29 is 4.79 Å². The van der Waals surface area contributed by atoms with Crippen LogP contribution in [0.1, 0.15) is 43.9 Å². The third kappa shape index (κ3) is 6.48. The molecule has 1 aliphatic carbocycles. The summed E-state index contributed by atoms with van der Waals surface area (Å²) in [6.07, 6.45) is 4.13. The van der Waals surface area contributed by atoms with Gasteiger partial charge in [-0.2, -0.15) is 5.10 Å². The molecular formula is C17H31IN6O. The molecule has 0 aromatic carbocycles. The lowest BCUT2D eigenvalue weighted by molar-refractivity contribution is -0.122. The fraction of sp³-hybridized carbons (Fsp3) is 0.706. The fourth-order valence-corrected chi connectivity index (χ4v) is 2.73. The molecule has 2 rings (SSSR count). The van der Waals surface area contributed by atoms with E-state index in [0.717, 1.165) is 31.0 Å². The number of rotatable bonds is 7. The predicted octanol–water partition coefficient (Wildman–Crippen LogP) is 1.69. The highest BCUT2D eigenvalue weighted by Gasteiger charge is 2.29. The van der Waals surface area contributed by atoms with E-state index in [4.69, 9.17) is 0 Å². The number of halogens is 1. The first-order valence-corrected chi connectivity index (χ1v) is 8.64. The van der Waals surface area contributed by atoms with E-state index in [0.29, 0.717) is 19.0 Å². The van der Waals surface area contributed by atoms with E-state index in [1.165, 1.54) is 5.56 Å². The molecule has 1 heterocycles. The maximum absolute atomic E-state index is 11.6. The molecule has 1 aromatic heterocycles. The molecule has 0 saturated heterocycles. The smallest absolute Gasteiger partial charge is 0.223 e. The molecule has 2 N–H and O–H groups in total. The highest BCUT2D eigenvalue weighted by Crippen LogP contribution is 2.28. The number of nitrogens with zero attached hydrogens (tertiary/aromatic N) is 4. The molecule has 1 amide bonds. The topological polar surface area (TPSA) is 74.6 Å². The first-order chi connectivity index (χ1) is 11.4. The van der Waals surface area contributed by atoms with Crippen molar-refractivity contribution in [2.24, 2.45) is 18.0 Å². The Morgan fingerprint density at radius 2 is 2.04 bits per heavy atom. The third-order valence-corrected chi connectivity index (χ3v) is 4.12. The maximum atomic E-state index is 11.6.